The Bertz CT molecular complexity index is 567. The van der Waals surface area contributed by atoms with E-state index < -0.39 is 7.44 Å². The summed E-state index contributed by atoms with van der Waals surface area (Å²) in [7, 11) is -2.91. The summed E-state index contributed by atoms with van der Waals surface area (Å²) in [6.45, 7) is 9.34. The molecule has 1 aliphatic rings. The molecule has 0 amide bonds. The van der Waals surface area contributed by atoms with Crippen molar-refractivity contribution in [1.82, 2.24) is 10.3 Å². The second-order valence-electron chi connectivity index (χ2n) is 7.79. The summed E-state index contributed by atoms with van der Waals surface area (Å²) in [5, 5.41) is 15.5. The van der Waals surface area contributed by atoms with Crippen LogP contribution in [0.4, 0.5) is 5.69 Å². The third kappa shape index (κ3) is 5.30. The van der Waals surface area contributed by atoms with Crippen LogP contribution in [0.3, 0.4) is 0 Å². The number of nitrogens with one attached hydrogen (secondary N) is 3. The minimum absolute atomic E-state index is 0.0257. The first-order valence-corrected chi connectivity index (χ1v) is 11.2. The molecular weight excluding hydrogens is 333 g/mol. The predicted molar refractivity (Wildman–Crippen MR) is 106 cm³/mol. The van der Waals surface area contributed by atoms with Gasteiger partial charge in [0.05, 0.1) is 6.61 Å². The number of anilines is 1. The second kappa shape index (κ2) is 9.18. The zero-order valence-electron chi connectivity index (χ0n) is 15.9. The van der Waals surface area contributed by atoms with Crippen LogP contribution in [0.1, 0.15) is 40.5 Å². The molecule has 142 valence electrons. The number of para-hydroxylation sites is 1. The van der Waals surface area contributed by atoms with Gasteiger partial charge in [-0.15, -0.1) is 0 Å². The second-order valence-corrected chi connectivity index (χ2v) is 10.3. The lowest BCUT2D eigenvalue weighted by molar-refractivity contribution is 0.159. The van der Waals surface area contributed by atoms with Gasteiger partial charge < -0.3 is 10.5 Å². The monoisotopic (exact) mass is 367 g/mol. The van der Waals surface area contributed by atoms with Gasteiger partial charge in [-0.1, -0.05) is 45.9 Å². The van der Waals surface area contributed by atoms with E-state index in [0.717, 1.165) is 18.5 Å². The standard InChI is InChI=1S/C19H34N3O2P/c1-14(2)18-13-19(16(4)12-15(18)3)25(24,20-10-11-23)22-21-17-8-6-5-7-9-17/h5-9,14-16,18-19,21,23H,10-13H2,1-4H3,(H2,20,22,24)/t15-,16+,18+,19+,25?/m0/s1. The Balaban J connectivity index is 2.17. The summed E-state index contributed by atoms with van der Waals surface area (Å²) in [6, 6.07) is 9.71. The highest BCUT2D eigenvalue weighted by atomic mass is 31.2. The van der Waals surface area contributed by atoms with Gasteiger partial charge in [0.1, 0.15) is 0 Å². The molecule has 0 aliphatic heterocycles. The lowest BCUT2D eigenvalue weighted by atomic mass is 9.71. The highest BCUT2D eigenvalue weighted by Crippen LogP contribution is 2.54. The van der Waals surface area contributed by atoms with Crippen molar-refractivity contribution in [3.63, 3.8) is 0 Å². The molecule has 1 fully saturated rings. The Morgan fingerprint density at radius 1 is 1.16 bits per heavy atom. The topological polar surface area (TPSA) is 73.4 Å². The fraction of sp³-hybridized carbons (Fsp3) is 0.684. The Morgan fingerprint density at radius 3 is 2.44 bits per heavy atom. The Morgan fingerprint density at radius 2 is 1.84 bits per heavy atom. The highest BCUT2D eigenvalue weighted by molar-refractivity contribution is 7.60. The number of hydrogen-bond acceptors (Lipinski definition) is 3. The maximum absolute atomic E-state index is 13.8. The van der Waals surface area contributed by atoms with Gasteiger partial charge in [-0.05, 0) is 48.6 Å². The third-order valence-electron chi connectivity index (χ3n) is 5.57. The van der Waals surface area contributed by atoms with Gasteiger partial charge in [0.15, 0.2) is 0 Å². The third-order valence-corrected chi connectivity index (χ3v) is 8.36. The Labute approximate surface area is 152 Å². The van der Waals surface area contributed by atoms with Crippen molar-refractivity contribution < 1.29 is 9.67 Å². The smallest absolute Gasteiger partial charge is 0.231 e. The fourth-order valence-corrected chi connectivity index (χ4v) is 6.81. The van der Waals surface area contributed by atoms with E-state index in [1.54, 1.807) is 0 Å². The van der Waals surface area contributed by atoms with Gasteiger partial charge in [-0.3, -0.25) is 9.65 Å². The zero-order valence-corrected chi connectivity index (χ0v) is 16.8. The van der Waals surface area contributed by atoms with Crippen molar-refractivity contribution >= 4 is 13.1 Å². The van der Waals surface area contributed by atoms with Crippen molar-refractivity contribution in [2.24, 2.45) is 23.7 Å². The molecule has 4 N–H and O–H groups in total. The molecule has 2 rings (SSSR count). The molecule has 0 heterocycles. The highest BCUT2D eigenvalue weighted by Gasteiger charge is 2.43. The maximum atomic E-state index is 13.8. The molecule has 0 bridgehead atoms. The minimum Gasteiger partial charge on any atom is -0.395 e. The molecule has 25 heavy (non-hydrogen) atoms. The average molecular weight is 367 g/mol. The molecule has 0 saturated heterocycles. The lowest BCUT2D eigenvalue weighted by Gasteiger charge is -2.44. The van der Waals surface area contributed by atoms with Crippen molar-refractivity contribution in [3.05, 3.63) is 30.3 Å². The van der Waals surface area contributed by atoms with Crippen LogP contribution in [-0.4, -0.2) is 23.9 Å². The summed E-state index contributed by atoms with van der Waals surface area (Å²) in [6.07, 6.45) is 2.03. The fourth-order valence-electron chi connectivity index (χ4n) is 4.22. The zero-order chi connectivity index (χ0) is 18.4. The molecule has 0 spiro atoms. The number of aliphatic hydroxyl groups is 1. The van der Waals surface area contributed by atoms with Gasteiger partial charge in [0.2, 0.25) is 7.44 Å². The van der Waals surface area contributed by atoms with E-state index in [1.165, 1.54) is 0 Å². The summed E-state index contributed by atoms with van der Waals surface area (Å²) in [5.41, 5.74) is 4.04. The van der Waals surface area contributed by atoms with Crippen molar-refractivity contribution in [2.45, 2.75) is 46.2 Å². The molecule has 5 nitrogen and oxygen atoms in total. The van der Waals surface area contributed by atoms with E-state index in [2.05, 4.69) is 43.4 Å². The maximum Gasteiger partial charge on any atom is 0.231 e. The van der Waals surface area contributed by atoms with Crippen molar-refractivity contribution in [1.29, 1.82) is 0 Å². The molecule has 0 aromatic heterocycles. The normalized spacial score (nSPS) is 29.4. The Hall–Kier alpha value is -0.870. The van der Waals surface area contributed by atoms with Crippen molar-refractivity contribution in [2.75, 3.05) is 18.6 Å². The van der Waals surface area contributed by atoms with Crippen LogP contribution in [0, 0.1) is 23.7 Å². The predicted octanol–water partition coefficient (Wildman–Crippen LogP) is 4.08. The first-order chi connectivity index (χ1) is 11.9. The van der Waals surface area contributed by atoms with Crippen LogP contribution in [0.25, 0.3) is 0 Å². The molecule has 1 saturated carbocycles. The molecule has 1 aromatic rings. The molecule has 0 radical (unpaired) electrons. The van der Waals surface area contributed by atoms with Crippen LogP contribution in [0.2, 0.25) is 0 Å². The number of hydrazine groups is 1. The number of hydrogen-bond donors (Lipinski definition) is 4. The number of rotatable bonds is 8. The van der Waals surface area contributed by atoms with E-state index in [1.807, 2.05) is 30.3 Å². The van der Waals surface area contributed by atoms with Crippen LogP contribution in [-0.2, 0) is 4.57 Å². The van der Waals surface area contributed by atoms with Crippen LogP contribution < -0.4 is 15.7 Å². The van der Waals surface area contributed by atoms with E-state index >= 15 is 0 Å². The van der Waals surface area contributed by atoms with Crippen LogP contribution in [0.5, 0.6) is 0 Å². The molecule has 6 heteroatoms. The summed E-state index contributed by atoms with van der Waals surface area (Å²) in [4.78, 5) is 0. The van der Waals surface area contributed by atoms with Gasteiger partial charge in [0, 0.05) is 17.9 Å². The first-order valence-electron chi connectivity index (χ1n) is 9.41. The van der Waals surface area contributed by atoms with Gasteiger partial charge >= 0.3 is 0 Å². The van der Waals surface area contributed by atoms with E-state index in [0.29, 0.717) is 30.2 Å². The lowest BCUT2D eigenvalue weighted by Crippen LogP contribution is -2.43. The van der Waals surface area contributed by atoms with E-state index in [9.17, 15) is 9.67 Å². The summed E-state index contributed by atoms with van der Waals surface area (Å²) in [5.74, 6) is 2.18. The average Bonchev–Trinajstić information content (AvgIpc) is 2.59. The minimum atomic E-state index is -2.91. The molecular formula is C19H34N3O2P. The molecule has 1 aromatic carbocycles. The molecule has 1 aliphatic carbocycles. The largest absolute Gasteiger partial charge is 0.395 e. The number of benzene rings is 1. The molecule has 1 unspecified atom stereocenters. The first kappa shape index (κ1) is 20.4. The molecule has 5 atom stereocenters. The van der Waals surface area contributed by atoms with E-state index in [-0.39, 0.29) is 12.3 Å². The van der Waals surface area contributed by atoms with Gasteiger partial charge in [-0.2, -0.15) is 5.20 Å². The van der Waals surface area contributed by atoms with E-state index in [4.69, 9.17) is 0 Å². The summed E-state index contributed by atoms with van der Waals surface area (Å²) >= 11 is 0. The van der Waals surface area contributed by atoms with Crippen LogP contribution in [0.15, 0.2) is 30.3 Å². The van der Waals surface area contributed by atoms with Crippen molar-refractivity contribution in [3.8, 4) is 0 Å². The van der Waals surface area contributed by atoms with Gasteiger partial charge in [-0.25, -0.2) is 0 Å². The van der Waals surface area contributed by atoms with Crippen LogP contribution >= 0.6 is 7.44 Å². The quantitative estimate of drug-likeness (QED) is 0.411. The summed E-state index contributed by atoms with van der Waals surface area (Å²) < 4.78 is 13.8. The van der Waals surface area contributed by atoms with Gasteiger partial charge in [0.25, 0.3) is 0 Å². The number of aliphatic hydroxyl groups excluding tert-OH is 1. The SMILES string of the molecule is CC(C)[C@H]1C[C@@H](P(=O)(NCCO)NNc2ccccc2)[C@H](C)C[C@@H]1C. The Kier molecular flexibility index (Phi) is 7.51.